The molecule has 0 fully saturated rings. The Kier molecular flexibility index (Phi) is 5.78. The summed E-state index contributed by atoms with van der Waals surface area (Å²) in [5.41, 5.74) is 1.16. The molecule has 0 aromatic heterocycles. The maximum atomic E-state index is 12.0. The minimum Gasteiger partial charge on any atom is -0.452 e. The number of benzene rings is 2. The lowest BCUT2D eigenvalue weighted by atomic mass is 10.2. The normalized spacial score (nSPS) is 9.74. The van der Waals surface area contributed by atoms with Gasteiger partial charge in [0.1, 0.15) is 6.07 Å². The van der Waals surface area contributed by atoms with Crippen LogP contribution >= 0.6 is 11.8 Å². The average molecular weight is 326 g/mol. The highest BCUT2D eigenvalue weighted by atomic mass is 32.2. The number of nitrogens with zero attached hydrogens (tertiary/aromatic N) is 1. The summed E-state index contributed by atoms with van der Waals surface area (Å²) in [6, 6.07) is 15.6. The number of anilines is 1. The fourth-order valence-electron chi connectivity index (χ4n) is 1.90. The Morgan fingerprint density at radius 2 is 1.87 bits per heavy atom. The lowest BCUT2D eigenvalue weighted by Crippen LogP contribution is -2.21. The van der Waals surface area contributed by atoms with Gasteiger partial charge in [-0.3, -0.25) is 4.79 Å². The first kappa shape index (κ1) is 16.6. The van der Waals surface area contributed by atoms with Crippen molar-refractivity contribution in [1.82, 2.24) is 0 Å². The lowest BCUT2D eigenvalue weighted by molar-refractivity contribution is -0.119. The van der Waals surface area contributed by atoms with Crippen molar-refractivity contribution in [3.05, 3.63) is 59.7 Å². The summed E-state index contributed by atoms with van der Waals surface area (Å²) in [6.07, 6.45) is 1.86. The molecule has 0 unspecified atom stereocenters. The summed E-state index contributed by atoms with van der Waals surface area (Å²) >= 11 is 1.43. The third-order valence-electron chi connectivity index (χ3n) is 2.98. The number of carbonyl (C=O) groups excluding carboxylic acids is 2. The highest BCUT2D eigenvalue weighted by Crippen LogP contribution is 2.20. The minimum absolute atomic E-state index is 0.347. The molecule has 0 bridgehead atoms. The molecule has 0 radical (unpaired) electrons. The molecule has 6 heteroatoms. The van der Waals surface area contributed by atoms with Crippen molar-refractivity contribution in [2.24, 2.45) is 0 Å². The topological polar surface area (TPSA) is 79.2 Å². The molecule has 0 saturated heterocycles. The van der Waals surface area contributed by atoms with Gasteiger partial charge in [-0.05, 0) is 30.5 Å². The van der Waals surface area contributed by atoms with Gasteiger partial charge in [0.05, 0.1) is 16.8 Å². The van der Waals surface area contributed by atoms with E-state index in [-0.39, 0.29) is 0 Å². The second kappa shape index (κ2) is 8.01. The molecule has 1 N–H and O–H groups in total. The highest BCUT2D eigenvalue weighted by Gasteiger charge is 2.14. The number of amides is 1. The lowest BCUT2D eigenvalue weighted by Gasteiger charge is -2.09. The van der Waals surface area contributed by atoms with E-state index in [0.29, 0.717) is 16.8 Å². The van der Waals surface area contributed by atoms with Gasteiger partial charge in [-0.1, -0.05) is 24.3 Å². The monoisotopic (exact) mass is 326 g/mol. The van der Waals surface area contributed by atoms with Crippen molar-refractivity contribution >= 4 is 29.3 Å². The second-order valence-electron chi connectivity index (χ2n) is 4.48. The van der Waals surface area contributed by atoms with Gasteiger partial charge in [0.15, 0.2) is 6.61 Å². The van der Waals surface area contributed by atoms with Crippen LogP contribution in [0, 0.1) is 11.3 Å². The third-order valence-corrected chi connectivity index (χ3v) is 3.78. The zero-order valence-electron chi connectivity index (χ0n) is 12.4. The summed E-state index contributed by atoms with van der Waals surface area (Å²) in [5, 5.41) is 11.5. The van der Waals surface area contributed by atoms with E-state index in [9.17, 15) is 9.59 Å². The van der Waals surface area contributed by atoms with Gasteiger partial charge in [-0.15, -0.1) is 11.8 Å². The number of nitriles is 1. The minimum atomic E-state index is -0.557. The van der Waals surface area contributed by atoms with E-state index in [4.69, 9.17) is 10.00 Å². The predicted molar refractivity (Wildman–Crippen MR) is 88.3 cm³/mol. The van der Waals surface area contributed by atoms with E-state index in [0.717, 1.165) is 4.90 Å². The van der Waals surface area contributed by atoms with E-state index in [1.165, 1.54) is 11.8 Å². The van der Waals surface area contributed by atoms with Crippen LogP contribution in [0.1, 0.15) is 15.9 Å². The highest BCUT2D eigenvalue weighted by molar-refractivity contribution is 7.98. The molecule has 2 aromatic rings. The molecule has 0 aliphatic carbocycles. The maximum absolute atomic E-state index is 12.0. The summed E-state index contributed by atoms with van der Waals surface area (Å²) in [4.78, 5) is 24.7. The van der Waals surface area contributed by atoms with E-state index < -0.39 is 18.5 Å². The molecule has 0 heterocycles. The molecule has 0 aliphatic heterocycles. The van der Waals surface area contributed by atoms with Crippen LogP contribution < -0.4 is 5.32 Å². The van der Waals surface area contributed by atoms with Crippen molar-refractivity contribution in [3.63, 3.8) is 0 Å². The molecule has 2 rings (SSSR count). The summed E-state index contributed by atoms with van der Waals surface area (Å²) < 4.78 is 5.03. The smallest absolute Gasteiger partial charge is 0.339 e. The molecular formula is C17H14N2O3S. The zero-order chi connectivity index (χ0) is 16.7. The largest absolute Gasteiger partial charge is 0.452 e. The van der Waals surface area contributed by atoms with Gasteiger partial charge in [0.2, 0.25) is 0 Å². The molecular weight excluding hydrogens is 312 g/mol. The zero-order valence-corrected chi connectivity index (χ0v) is 13.2. The second-order valence-corrected chi connectivity index (χ2v) is 5.33. The van der Waals surface area contributed by atoms with E-state index in [1.807, 2.05) is 24.5 Å². The Labute approximate surface area is 138 Å². The SMILES string of the molecule is CSc1ccccc1C(=O)OCC(=O)Nc1ccccc1C#N. The van der Waals surface area contributed by atoms with E-state index in [1.54, 1.807) is 36.4 Å². The first-order valence-electron chi connectivity index (χ1n) is 6.75. The van der Waals surface area contributed by atoms with Crippen LogP contribution in [0.5, 0.6) is 0 Å². The quantitative estimate of drug-likeness (QED) is 0.675. The van der Waals surface area contributed by atoms with Gasteiger partial charge in [0.25, 0.3) is 5.91 Å². The van der Waals surface area contributed by atoms with Crippen LogP contribution in [0.15, 0.2) is 53.4 Å². The molecule has 0 saturated carbocycles. The number of hydrogen-bond donors (Lipinski definition) is 1. The molecule has 0 aliphatic rings. The Morgan fingerprint density at radius 1 is 1.17 bits per heavy atom. The van der Waals surface area contributed by atoms with E-state index >= 15 is 0 Å². The fraction of sp³-hybridized carbons (Fsp3) is 0.118. The van der Waals surface area contributed by atoms with Crippen molar-refractivity contribution in [3.8, 4) is 6.07 Å². The fourth-order valence-corrected chi connectivity index (χ4v) is 2.48. The Morgan fingerprint density at radius 3 is 2.61 bits per heavy atom. The maximum Gasteiger partial charge on any atom is 0.339 e. The van der Waals surface area contributed by atoms with E-state index in [2.05, 4.69) is 5.32 Å². The summed E-state index contributed by atoms with van der Waals surface area (Å²) in [6.45, 7) is -0.415. The number of thioether (sulfide) groups is 1. The number of para-hydroxylation sites is 1. The van der Waals surface area contributed by atoms with Crippen molar-refractivity contribution in [2.75, 3.05) is 18.2 Å². The first-order valence-corrected chi connectivity index (χ1v) is 7.97. The van der Waals surface area contributed by atoms with Crippen LogP contribution in [-0.2, 0) is 9.53 Å². The molecule has 0 atom stereocenters. The standard InChI is InChI=1S/C17H14N2O3S/c1-23-15-9-5-3-7-13(15)17(21)22-11-16(20)19-14-8-4-2-6-12(14)10-18/h2-9H,11H2,1H3,(H,19,20). The third kappa shape index (κ3) is 4.34. The molecule has 5 nitrogen and oxygen atoms in total. The van der Waals surface area contributed by atoms with Gasteiger partial charge in [-0.25, -0.2) is 4.79 Å². The average Bonchev–Trinajstić information content (AvgIpc) is 2.60. The summed E-state index contributed by atoms with van der Waals surface area (Å²) in [5.74, 6) is -1.05. The van der Waals surface area contributed by atoms with Crippen molar-refractivity contribution in [2.45, 2.75) is 4.90 Å². The Hall–Kier alpha value is -2.78. The van der Waals surface area contributed by atoms with Crippen LogP contribution in [-0.4, -0.2) is 24.7 Å². The number of rotatable bonds is 5. The number of ether oxygens (including phenoxy) is 1. The number of esters is 1. The molecule has 1 amide bonds. The van der Waals surface area contributed by atoms with Crippen LogP contribution in [0.2, 0.25) is 0 Å². The summed E-state index contributed by atoms with van der Waals surface area (Å²) in [7, 11) is 0. The molecule has 23 heavy (non-hydrogen) atoms. The van der Waals surface area contributed by atoms with Gasteiger partial charge in [0, 0.05) is 4.90 Å². The number of hydrogen-bond acceptors (Lipinski definition) is 5. The van der Waals surface area contributed by atoms with Crippen molar-refractivity contribution in [1.29, 1.82) is 5.26 Å². The molecule has 116 valence electrons. The Bertz CT molecular complexity index is 768. The molecule has 0 spiro atoms. The van der Waals surface area contributed by atoms with Gasteiger partial charge in [-0.2, -0.15) is 5.26 Å². The van der Waals surface area contributed by atoms with Crippen LogP contribution in [0.4, 0.5) is 5.69 Å². The first-order chi connectivity index (χ1) is 11.2. The predicted octanol–water partition coefficient (Wildman–Crippen LogP) is 3.08. The number of nitrogens with one attached hydrogen (secondary N) is 1. The van der Waals surface area contributed by atoms with Gasteiger partial charge < -0.3 is 10.1 Å². The Balaban J connectivity index is 1.97. The molecule has 2 aromatic carbocycles. The number of carbonyl (C=O) groups is 2. The van der Waals surface area contributed by atoms with Crippen molar-refractivity contribution < 1.29 is 14.3 Å². The van der Waals surface area contributed by atoms with Crippen LogP contribution in [0.3, 0.4) is 0 Å². The van der Waals surface area contributed by atoms with Crippen LogP contribution in [0.25, 0.3) is 0 Å². The van der Waals surface area contributed by atoms with Gasteiger partial charge >= 0.3 is 5.97 Å².